The summed E-state index contributed by atoms with van der Waals surface area (Å²) in [5.41, 5.74) is 6.45. The number of benzene rings is 7. The molecular weight excluding hydrogens is 1050 g/mol. The second-order valence-electron chi connectivity index (χ2n) is 18.9. The molecule has 7 aromatic carbocycles. The number of nitrogens with one attached hydrogen (secondary N) is 1. The number of hydrogen-bond acceptors (Lipinski definition) is 12. The molecule has 2 fully saturated rings. The molecule has 0 saturated carbocycles. The minimum absolute atomic E-state index is 0.0558. The molecule has 2 aliphatic rings. The van der Waals surface area contributed by atoms with Crippen LogP contribution in [0.4, 0.5) is 0 Å². The number of alkyl halides is 3. The second kappa shape index (κ2) is 29.6. The number of hydrogen-bond donors (Lipinski definition) is 1. The van der Waals surface area contributed by atoms with Crippen molar-refractivity contribution >= 4 is 40.7 Å². The Morgan fingerprint density at radius 1 is 0.346 bits per heavy atom. The lowest BCUT2D eigenvalue weighted by Gasteiger charge is -2.50. The highest BCUT2D eigenvalue weighted by Crippen LogP contribution is 2.38. The van der Waals surface area contributed by atoms with E-state index in [0.717, 1.165) is 38.9 Å². The molecule has 15 heteroatoms. The zero-order valence-corrected chi connectivity index (χ0v) is 45.2. The van der Waals surface area contributed by atoms with Crippen molar-refractivity contribution in [1.82, 2.24) is 0 Å². The van der Waals surface area contributed by atoms with E-state index in [1.54, 1.807) is 0 Å². The molecule has 2 heterocycles. The zero-order chi connectivity index (χ0) is 53.8. The van der Waals surface area contributed by atoms with E-state index in [1.807, 2.05) is 212 Å². The van der Waals surface area contributed by atoms with E-state index in [9.17, 15) is 0 Å². The van der Waals surface area contributed by atoms with Gasteiger partial charge in [-0.3, -0.25) is 5.41 Å². The van der Waals surface area contributed by atoms with E-state index < -0.39 is 71.1 Å². The van der Waals surface area contributed by atoms with E-state index in [0.29, 0.717) is 6.61 Å². The minimum atomic E-state index is -2.24. The van der Waals surface area contributed by atoms with Gasteiger partial charge in [-0.25, -0.2) is 0 Å². The summed E-state index contributed by atoms with van der Waals surface area (Å²) >= 11 is 18.9. The predicted molar refractivity (Wildman–Crippen MR) is 299 cm³/mol. The predicted octanol–water partition coefficient (Wildman–Crippen LogP) is 12.5. The molecule has 12 nitrogen and oxygen atoms in total. The molecule has 0 bridgehead atoms. The van der Waals surface area contributed by atoms with Gasteiger partial charge in [-0.2, -0.15) is 0 Å². The van der Waals surface area contributed by atoms with Crippen molar-refractivity contribution < 1.29 is 52.1 Å². The number of halogens is 3. The molecule has 9 rings (SSSR count). The van der Waals surface area contributed by atoms with E-state index in [2.05, 4.69) is 0 Å². The molecule has 0 aromatic heterocycles. The molecule has 10 atom stereocenters. The van der Waals surface area contributed by atoms with Crippen molar-refractivity contribution in [2.45, 2.75) is 111 Å². The molecule has 0 amide bonds. The minimum Gasteiger partial charge on any atom is -0.445 e. The number of rotatable bonds is 26. The average Bonchev–Trinajstić information content (AvgIpc) is 3.54. The first-order valence-corrected chi connectivity index (χ1v) is 27.2. The van der Waals surface area contributed by atoms with Gasteiger partial charge in [0.15, 0.2) is 6.29 Å². The van der Waals surface area contributed by atoms with Crippen LogP contribution in [0.5, 0.6) is 0 Å². The highest BCUT2D eigenvalue weighted by molar-refractivity contribution is 6.76. The second-order valence-corrected chi connectivity index (χ2v) is 21.2. The van der Waals surface area contributed by atoms with Crippen molar-refractivity contribution in [2.75, 3.05) is 13.2 Å². The maximum atomic E-state index is 8.81. The lowest BCUT2D eigenvalue weighted by atomic mass is 9.95. The largest absolute Gasteiger partial charge is 0.445 e. The topological polar surface area (TPSA) is 125 Å². The van der Waals surface area contributed by atoms with E-state index in [-0.39, 0.29) is 52.9 Å². The molecular formula is C63H64Cl3NO11. The summed E-state index contributed by atoms with van der Waals surface area (Å²) < 4.78 is 73.7. The summed E-state index contributed by atoms with van der Waals surface area (Å²) in [6, 6.07) is 68.8. The monoisotopic (exact) mass is 1120 g/mol. The maximum absolute atomic E-state index is 8.81. The van der Waals surface area contributed by atoms with Crippen LogP contribution in [0.15, 0.2) is 212 Å². The lowest BCUT2D eigenvalue weighted by molar-refractivity contribution is -0.373. The summed E-state index contributed by atoms with van der Waals surface area (Å²) in [5, 5.41) is 8.81. The fourth-order valence-electron chi connectivity index (χ4n) is 9.23. The molecule has 0 radical (unpaired) electrons. The Labute approximate surface area is 471 Å². The van der Waals surface area contributed by atoms with E-state index in [1.165, 1.54) is 0 Å². The van der Waals surface area contributed by atoms with Gasteiger partial charge >= 0.3 is 0 Å². The van der Waals surface area contributed by atoms with Gasteiger partial charge in [0, 0.05) is 0 Å². The quantitative estimate of drug-likeness (QED) is 0.0316. The molecule has 1 N–H and O–H groups in total. The van der Waals surface area contributed by atoms with Gasteiger partial charge < -0.3 is 52.1 Å². The standard InChI is InChI=1S/C63H64Cl3NO11/c64-63(65,66)62(67)78-61-59(74-42-51-34-20-7-21-35-51)57(72-40-49-30-16-5-17-31-49)55(53(76-61)44-69-37-46-24-10-2-11-25-46)77-60-58(73-41-50-32-18-6-19-33-50)56(71-39-48-28-14-4-15-29-48)54(70-38-47-26-12-3-13-27-47)52(75-60)43-68-36-45-22-8-1-9-23-45/h1-35,52-61,67H,36-44H2/t52-,53-,54+,55-,56+,57+,58-,59-,60+,61-/m1/s1. The Hall–Kier alpha value is -5.52. The first-order chi connectivity index (χ1) is 38.2. The molecule has 0 aliphatic carbocycles. The van der Waals surface area contributed by atoms with Crippen LogP contribution in [0.1, 0.15) is 38.9 Å². The van der Waals surface area contributed by atoms with Crippen LogP contribution in [0.2, 0.25) is 0 Å². The smallest absolute Gasteiger partial charge is 0.265 e. The Morgan fingerprint density at radius 2 is 0.615 bits per heavy atom. The fraction of sp³-hybridized carbons (Fsp3) is 0.317. The molecule has 0 spiro atoms. The van der Waals surface area contributed by atoms with Gasteiger partial charge in [-0.1, -0.05) is 247 Å². The van der Waals surface area contributed by atoms with Crippen molar-refractivity contribution in [3.63, 3.8) is 0 Å². The average molecular weight is 1120 g/mol. The van der Waals surface area contributed by atoms with Crippen molar-refractivity contribution in [3.05, 3.63) is 251 Å². The Morgan fingerprint density at radius 3 is 0.962 bits per heavy atom. The van der Waals surface area contributed by atoms with Crippen LogP contribution in [0.25, 0.3) is 0 Å². The normalized spacial score (nSPS) is 23.4. The van der Waals surface area contributed by atoms with Crippen LogP contribution < -0.4 is 0 Å². The van der Waals surface area contributed by atoms with Crippen LogP contribution in [0.3, 0.4) is 0 Å². The third kappa shape index (κ3) is 17.0. The summed E-state index contributed by atoms with van der Waals surface area (Å²) in [6.07, 6.45) is -10.1. The SMILES string of the molecule is N=C(O[C@H]1O[C@H](COCc2ccccc2)[C@@H](O[C@@H]2O[C@H](COCc3ccccc3)[C@H](OCc3ccccc3)[C@H](OCc3ccccc3)[C@H]2OCc2ccccc2)[C@H](OCc2ccccc2)[C@H]1OCc1ccccc1)C(Cl)(Cl)Cl. The van der Waals surface area contributed by atoms with E-state index >= 15 is 0 Å². The summed E-state index contributed by atoms with van der Waals surface area (Å²) in [4.78, 5) is 0. The molecule has 0 unspecified atom stereocenters. The van der Waals surface area contributed by atoms with Crippen molar-refractivity contribution in [1.29, 1.82) is 5.41 Å². The lowest BCUT2D eigenvalue weighted by Crippen LogP contribution is -2.66. The highest BCUT2D eigenvalue weighted by Gasteiger charge is 2.55. The summed E-state index contributed by atoms with van der Waals surface area (Å²) in [5.74, 6) is -0.681. The maximum Gasteiger partial charge on any atom is 0.265 e. The first kappa shape index (κ1) is 57.2. The third-order valence-electron chi connectivity index (χ3n) is 13.2. The molecule has 2 aliphatic heterocycles. The molecule has 408 valence electrons. The van der Waals surface area contributed by atoms with Crippen LogP contribution in [-0.2, 0) is 98.4 Å². The van der Waals surface area contributed by atoms with Crippen LogP contribution >= 0.6 is 34.8 Å². The van der Waals surface area contributed by atoms with Crippen molar-refractivity contribution in [3.8, 4) is 0 Å². The molecule has 78 heavy (non-hydrogen) atoms. The zero-order valence-electron chi connectivity index (χ0n) is 43.0. The fourth-order valence-corrected chi connectivity index (χ4v) is 9.37. The van der Waals surface area contributed by atoms with Gasteiger partial charge in [0.25, 0.3) is 3.79 Å². The molecule has 7 aromatic rings. The summed E-state index contributed by atoms with van der Waals surface area (Å²) in [6.45, 7) is 1.37. The van der Waals surface area contributed by atoms with Crippen molar-refractivity contribution in [2.24, 2.45) is 0 Å². The van der Waals surface area contributed by atoms with Gasteiger partial charge in [0.1, 0.15) is 48.8 Å². The van der Waals surface area contributed by atoms with Gasteiger partial charge in [0.2, 0.25) is 12.2 Å². The Bertz CT molecular complexity index is 2790. The van der Waals surface area contributed by atoms with Crippen LogP contribution in [0, 0.1) is 5.41 Å². The summed E-state index contributed by atoms with van der Waals surface area (Å²) in [7, 11) is 0. The van der Waals surface area contributed by atoms with Gasteiger partial charge in [0.05, 0.1) is 59.5 Å². The Balaban J connectivity index is 1.14. The van der Waals surface area contributed by atoms with Gasteiger partial charge in [-0.05, 0) is 38.9 Å². The third-order valence-corrected chi connectivity index (χ3v) is 13.7. The number of ether oxygens (including phenoxy) is 11. The Kier molecular flexibility index (Phi) is 21.7. The van der Waals surface area contributed by atoms with Crippen LogP contribution in [-0.4, -0.2) is 84.3 Å². The van der Waals surface area contributed by atoms with E-state index in [4.69, 9.17) is 92.3 Å². The highest BCUT2D eigenvalue weighted by atomic mass is 35.6. The first-order valence-electron chi connectivity index (χ1n) is 26.0. The van der Waals surface area contributed by atoms with Gasteiger partial charge in [-0.15, -0.1) is 0 Å². The molecule has 2 saturated heterocycles.